The summed E-state index contributed by atoms with van der Waals surface area (Å²) in [7, 11) is -3.28. The van der Waals surface area contributed by atoms with Gasteiger partial charge in [0.15, 0.2) is 5.01 Å². The minimum atomic E-state index is -4.76. The number of thiazole rings is 1. The molecule has 0 spiro atoms. The summed E-state index contributed by atoms with van der Waals surface area (Å²) >= 11 is 1.21. The van der Waals surface area contributed by atoms with E-state index in [9.17, 15) is 30.8 Å². The molecular weight excluding hydrogens is 662 g/mol. The fourth-order valence-electron chi connectivity index (χ4n) is 5.59. The quantitative estimate of drug-likeness (QED) is 0.142. The Morgan fingerprint density at radius 2 is 1.89 bits per heavy atom. The van der Waals surface area contributed by atoms with Gasteiger partial charge in [0.05, 0.1) is 28.0 Å². The van der Waals surface area contributed by atoms with Crippen LogP contribution in [-0.2, 0) is 32.5 Å². The Morgan fingerprint density at radius 3 is 2.55 bits per heavy atom. The van der Waals surface area contributed by atoms with E-state index in [1.54, 1.807) is 38.1 Å². The first-order valence-electron chi connectivity index (χ1n) is 15.0. The van der Waals surface area contributed by atoms with Crippen LogP contribution in [0, 0.1) is 5.41 Å². The molecule has 2 unspecified atom stereocenters. The van der Waals surface area contributed by atoms with Gasteiger partial charge in [-0.25, -0.2) is 17.8 Å². The summed E-state index contributed by atoms with van der Waals surface area (Å²) in [6, 6.07) is 7.11. The van der Waals surface area contributed by atoms with Gasteiger partial charge in [-0.2, -0.15) is 17.9 Å². The third kappa shape index (κ3) is 7.66. The van der Waals surface area contributed by atoms with Gasteiger partial charge >= 0.3 is 12.1 Å². The summed E-state index contributed by atoms with van der Waals surface area (Å²) in [6.07, 6.45) is -4.95. The second kappa shape index (κ2) is 13.6. The van der Waals surface area contributed by atoms with E-state index in [-0.39, 0.29) is 41.6 Å². The van der Waals surface area contributed by atoms with Gasteiger partial charge in [-0.05, 0) is 51.1 Å². The molecule has 2 aromatic heterocycles. The number of ether oxygens (including phenoxy) is 1. The van der Waals surface area contributed by atoms with Crippen molar-refractivity contribution in [2.24, 2.45) is 5.41 Å². The lowest BCUT2D eigenvalue weighted by Crippen LogP contribution is -2.44. The fourth-order valence-corrected chi connectivity index (χ4v) is 8.14. The number of halogens is 4. The van der Waals surface area contributed by atoms with Crippen molar-refractivity contribution in [3.05, 3.63) is 48.0 Å². The molecule has 4 aromatic rings. The van der Waals surface area contributed by atoms with Crippen molar-refractivity contribution >= 4 is 38.1 Å². The zero-order valence-corrected chi connectivity index (χ0v) is 27.9. The Balaban J connectivity index is 1.58. The number of methoxy groups -OCH3 is 1. The number of hydrogen-bond acceptors (Lipinski definition) is 10. The maximum atomic E-state index is 14.3. The number of hydrogen-bond donors (Lipinski definition) is 1. The van der Waals surface area contributed by atoms with Crippen molar-refractivity contribution in [2.75, 3.05) is 20.2 Å². The summed E-state index contributed by atoms with van der Waals surface area (Å²) < 4.78 is 94.1. The Bertz CT molecular complexity index is 1860. The number of carbonyl (C=O) groups is 1. The second-order valence-corrected chi connectivity index (χ2v) is 14.8. The molecule has 0 saturated carbocycles. The van der Waals surface area contributed by atoms with Crippen LogP contribution in [0.5, 0.6) is 0 Å². The zero-order valence-electron chi connectivity index (χ0n) is 26.2. The molecule has 0 bridgehead atoms. The molecule has 5 rings (SSSR count). The average molecular weight is 698 g/mol. The van der Waals surface area contributed by atoms with Crippen LogP contribution >= 0.6 is 11.3 Å². The van der Waals surface area contributed by atoms with E-state index in [4.69, 9.17) is 14.1 Å². The largest absolute Gasteiger partial charge is 0.469 e. The monoisotopic (exact) mass is 697 g/mol. The van der Waals surface area contributed by atoms with Gasteiger partial charge in [0.25, 0.3) is 5.89 Å². The Kier molecular flexibility index (Phi) is 10.1. The van der Waals surface area contributed by atoms with Crippen LogP contribution in [0.3, 0.4) is 0 Å². The minimum absolute atomic E-state index is 0.102. The van der Waals surface area contributed by atoms with E-state index in [0.29, 0.717) is 45.9 Å². The van der Waals surface area contributed by atoms with Crippen LogP contribution in [0.2, 0.25) is 0 Å². The highest BCUT2D eigenvalue weighted by atomic mass is 32.2. The van der Waals surface area contributed by atoms with Gasteiger partial charge in [0.1, 0.15) is 12.2 Å². The molecule has 1 saturated heterocycles. The SMILES string of the molecule is CCC(NS(=O)(=O)c1ccc(-c2sc(-c3nnc(CC(C)(C)C(=O)OC)o3)nc2CN2CCCC(F)C2)c2ccccc12)C(F)(F)F. The molecule has 2 atom stereocenters. The molecule has 16 heteroatoms. The van der Waals surface area contributed by atoms with E-state index in [1.165, 1.54) is 37.5 Å². The third-order valence-corrected chi connectivity index (χ3v) is 10.7. The number of carbonyl (C=O) groups excluding carboxylic acids is 1. The molecule has 0 amide bonds. The van der Waals surface area contributed by atoms with Crippen LogP contribution in [0.1, 0.15) is 51.6 Å². The maximum Gasteiger partial charge on any atom is 0.404 e. The van der Waals surface area contributed by atoms with E-state index in [1.807, 2.05) is 9.62 Å². The molecule has 0 aliphatic carbocycles. The van der Waals surface area contributed by atoms with E-state index < -0.39 is 46.2 Å². The molecule has 1 aliphatic rings. The number of likely N-dealkylation sites (tertiary alicyclic amines) is 1. The first-order valence-corrected chi connectivity index (χ1v) is 17.3. The van der Waals surface area contributed by atoms with Gasteiger partial charge < -0.3 is 9.15 Å². The number of esters is 1. The average Bonchev–Trinajstić information content (AvgIpc) is 3.65. The summed E-state index contributed by atoms with van der Waals surface area (Å²) in [4.78, 5) is 19.3. The lowest BCUT2D eigenvalue weighted by atomic mass is 9.89. The molecule has 0 radical (unpaired) electrons. The van der Waals surface area contributed by atoms with Crippen LogP contribution < -0.4 is 4.72 Å². The molecule has 47 heavy (non-hydrogen) atoms. The summed E-state index contributed by atoms with van der Waals surface area (Å²) in [5.74, 6) is -0.146. The van der Waals surface area contributed by atoms with Gasteiger partial charge in [-0.3, -0.25) is 9.69 Å². The van der Waals surface area contributed by atoms with Gasteiger partial charge in [0, 0.05) is 30.5 Å². The Hall–Kier alpha value is -3.47. The van der Waals surface area contributed by atoms with Crippen LogP contribution in [-0.4, -0.2) is 73.1 Å². The first kappa shape index (κ1) is 34.9. The van der Waals surface area contributed by atoms with Crippen LogP contribution in [0.15, 0.2) is 45.7 Å². The van der Waals surface area contributed by atoms with Crippen molar-refractivity contribution in [3.8, 4) is 21.3 Å². The van der Waals surface area contributed by atoms with E-state index in [2.05, 4.69) is 10.2 Å². The molecule has 1 fully saturated rings. The first-order chi connectivity index (χ1) is 22.1. The van der Waals surface area contributed by atoms with Crippen molar-refractivity contribution in [1.29, 1.82) is 0 Å². The predicted molar refractivity (Wildman–Crippen MR) is 168 cm³/mol. The van der Waals surface area contributed by atoms with Gasteiger partial charge in [-0.15, -0.1) is 21.5 Å². The lowest BCUT2D eigenvalue weighted by Gasteiger charge is -2.28. The fraction of sp³-hybridized carbons (Fsp3) is 0.484. The smallest absolute Gasteiger partial charge is 0.404 e. The van der Waals surface area contributed by atoms with Gasteiger partial charge in [-0.1, -0.05) is 37.3 Å². The second-order valence-electron chi connectivity index (χ2n) is 12.1. The normalized spacial score (nSPS) is 17.2. The highest BCUT2D eigenvalue weighted by Crippen LogP contribution is 2.41. The highest BCUT2D eigenvalue weighted by Gasteiger charge is 2.41. The maximum absolute atomic E-state index is 14.3. The lowest BCUT2D eigenvalue weighted by molar-refractivity contribution is -0.152. The molecular formula is C31H35F4N5O5S2. The molecule has 3 heterocycles. The predicted octanol–water partition coefficient (Wildman–Crippen LogP) is 6.31. The number of alkyl halides is 4. The van der Waals surface area contributed by atoms with Crippen molar-refractivity contribution in [2.45, 2.75) is 76.3 Å². The Labute approximate surface area is 273 Å². The zero-order chi connectivity index (χ0) is 34.1. The number of nitrogens with zero attached hydrogens (tertiary/aromatic N) is 4. The van der Waals surface area contributed by atoms with Crippen molar-refractivity contribution in [1.82, 2.24) is 24.8 Å². The highest BCUT2D eigenvalue weighted by molar-refractivity contribution is 7.89. The standard InChI is InChI=1S/C31H35F4N5O5S2/c1-5-24(31(33,34)35)39-47(42,43)23-13-12-21(19-10-6-7-11-20(19)23)26-22(17-40-14-8-9-18(32)16-40)36-28(46-26)27-38-37-25(45-27)15-30(2,3)29(41)44-4/h6-7,10-13,18,24,39H,5,8-9,14-17H2,1-4H3. The number of sulfonamides is 1. The van der Waals surface area contributed by atoms with E-state index >= 15 is 0 Å². The summed E-state index contributed by atoms with van der Waals surface area (Å²) in [6.45, 7) is 5.79. The number of nitrogens with one attached hydrogen (secondary N) is 1. The van der Waals surface area contributed by atoms with Crippen molar-refractivity contribution < 1.29 is 39.9 Å². The van der Waals surface area contributed by atoms with Crippen molar-refractivity contribution in [3.63, 3.8) is 0 Å². The number of piperidine rings is 1. The number of fused-ring (bicyclic) bond motifs is 1. The van der Waals surface area contributed by atoms with Crippen LogP contribution in [0.25, 0.3) is 32.1 Å². The van der Waals surface area contributed by atoms with Gasteiger partial charge in [0.2, 0.25) is 15.9 Å². The van der Waals surface area contributed by atoms with Crippen LogP contribution in [0.4, 0.5) is 17.6 Å². The molecule has 1 N–H and O–H groups in total. The third-order valence-electron chi connectivity index (χ3n) is 8.02. The Morgan fingerprint density at radius 1 is 1.17 bits per heavy atom. The number of aromatic nitrogens is 3. The molecule has 254 valence electrons. The topological polar surface area (TPSA) is 128 Å². The molecule has 1 aliphatic heterocycles. The summed E-state index contributed by atoms with van der Waals surface area (Å²) in [5, 5.41) is 9.30. The minimum Gasteiger partial charge on any atom is -0.469 e. The van der Waals surface area contributed by atoms with E-state index in [0.717, 1.165) is 0 Å². The molecule has 10 nitrogen and oxygen atoms in total. The summed E-state index contributed by atoms with van der Waals surface area (Å²) in [5.41, 5.74) is 0.222. The molecule has 2 aromatic carbocycles. The number of benzene rings is 2. The number of rotatable bonds is 11.